The molecule has 0 fully saturated rings. The lowest BCUT2D eigenvalue weighted by Gasteiger charge is -2.18. The summed E-state index contributed by atoms with van der Waals surface area (Å²) in [6.07, 6.45) is 1.45. The van der Waals surface area contributed by atoms with Crippen LogP contribution in [0.1, 0.15) is 21.5 Å². The van der Waals surface area contributed by atoms with Gasteiger partial charge in [-0.1, -0.05) is 36.4 Å². The number of hydrogen-bond acceptors (Lipinski definition) is 3. The summed E-state index contributed by atoms with van der Waals surface area (Å²) in [5.74, 6) is -0.906. The molecular formula is C21H15NO2. The Hall–Kier alpha value is -3.20. The molecule has 3 heteroatoms. The van der Waals surface area contributed by atoms with Crippen LogP contribution in [0.2, 0.25) is 0 Å². The minimum atomic E-state index is -0.467. The maximum Gasteiger partial charge on any atom is 0.233 e. The number of carbonyl (C=O) groups is 2. The predicted octanol–water partition coefficient (Wildman–Crippen LogP) is 4.08. The van der Waals surface area contributed by atoms with E-state index < -0.39 is 11.6 Å². The Bertz CT molecular complexity index is 1010. The molecule has 116 valence electrons. The first kappa shape index (κ1) is 14.4. The van der Waals surface area contributed by atoms with Gasteiger partial charge < -0.3 is 5.32 Å². The molecule has 1 aliphatic carbocycles. The van der Waals surface area contributed by atoms with E-state index in [1.54, 1.807) is 0 Å². The monoisotopic (exact) mass is 313 g/mol. The summed E-state index contributed by atoms with van der Waals surface area (Å²) in [7, 11) is 1.86. The molecule has 0 amide bonds. The molecule has 24 heavy (non-hydrogen) atoms. The van der Waals surface area contributed by atoms with E-state index in [9.17, 15) is 9.59 Å². The molecular weight excluding hydrogens is 298 g/mol. The summed E-state index contributed by atoms with van der Waals surface area (Å²) in [5.41, 5.74) is 4.01. The lowest BCUT2D eigenvalue weighted by molar-refractivity contribution is -0.110. The summed E-state index contributed by atoms with van der Waals surface area (Å²) in [6.45, 7) is 0. The van der Waals surface area contributed by atoms with Crippen molar-refractivity contribution in [2.75, 3.05) is 12.4 Å². The average Bonchev–Trinajstić information content (AvgIpc) is 2.63. The topological polar surface area (TPSA) is 46.2 Å². The van der Waals surface area contributed by atoms with Crippen LogP contribution in [0.15, 0.2) is 66.7 Å². The Morgan fingerprint density at radius 2 is 1.42 bits per heavy atom. The van der Waals surface area contributed by atoms with Gasteiger partial charge in [0.15, 0.2) is 0 Å². The van der Waals surface area contributed by atoms with E-state index in [4.69, 9.17) is 0 Å². The van der Waals surface area contributed by atoms with Crippen LogP contribution in [0.25, 0.3) is 16.3 Å². The Balaban J connectivity index is 1.95. The lowest BCUT2D eigenvalue weighted by Crippen LogP contribution is -2.19. The Kier molecular flexibility index (Phi) is 3.28. The number of ketones is 2. The van der Waals surface area contributed by atoms with Crippen molar-refractivity contribution in [2.24, 2.45) is 0 Å². The minimum Gasteiger partial charge on any atom is -0.388 e. The fourth-order valence-electron chi connectivity index (χ4n) is 3.11. The van der Waals surface area contributed by atoms with E-state index in [-0.39, 0.29) is 0 Å². The molecule has 1 N–H and O–H groups in total. The normalized spacial score (nSPS) is 13.6. The zero-order valence-electron chi connectivity index (χ0n) is 13.2. The van der Waals surface area contributed by atoms with Gasteiger partial charge in [0, 0.05) is 18.3 Å². The number of nitrogens with one attached hydrogen (secondary N) is 1. The first-order chi connectivity index (χ1) is 11.7. The average molecular weight is 313 g/mol. The molecule has 0 saturated carbocycles. The maximum atomic E-state index is 12.3. The number of anilines is 1. The Morgan fingerprint density at radius 1 is 0.792 bits per heavy atom. The van der Waals surface area contributed by atoms with Crippen molar-refractivity contribution in [1.82, 2.24) is 0 Å². The van der Waals surface area contributed by atoms with Crippen molar-refractivity contribution in [3.63, 3.8) is 0 Å². The van der Waals surface area contributed by atoms with E-state index in [2.05, 4.69) is 5.32 Å². The number of rotatable bonds is 2. The highest BCUT2D eigenvalue weighted by atomic mass is 16.2. The molecule has 0 bridgehead atoms. The first-order valence-corrected chi connectivity index (χ1v) is 7.79. The molecule has 0 saturated heterocycles. The van der Waals surface area contributed by atoms with E-state index in [0.717, 1.165) is 33.2 Å². The third kappa shape index (κ3) is 2.22. The van der Waals surface area contributed by atoms with Crippen molar-refractivity contribution in [3.05, 3.63) is 83.4 Å². The third-order valence-corrected chi connectivity index (χ3v) is 4.40. The van der Waals surface area contributed by atoms with Gasteiger partial charge in [0.05, 0.1) is 0 Å². The van der Waals surface area contributed by atoms with Gasteiger partial charge in [-0.25, -0.2) is 0 Å². The summed E-state index contributed by atoms with van der Waals surface area (Å²) in [5, 5.41) is 5.09. The van der Waals surface area contributed by atoms with Gasteiger partial charge in [0.1, 0.15) is 0 Å². The summed E-state index contributed by atoms with van der Waals surface area (Å²) < 4.78 is 0. The third-order valence-electron chi connectivity index (χ3n) is 4.40. The SMILES string of the molecule is CNc1ccc(C2=CC(=O)C(=O)c3cc4ccccc4cc32)cc1. The Labute approximate surface area is 139 Å². The summed E-state index contributed by atoms with van der Waals surface area (Å²) in [6, 6.07) is 19.5. The van der Waals surface area contributed by atoms with Crippen molar-refractivity contribution in [1.29, 1.82) is 0 Å². The molecule has 3 aromatic carbocycles. The number of hydrogen-bond donors (Lipinski definition) is 1. The number of allylic oxidation sites excluding steroid dienone is 1. The molecule has 0 heterocycles. The van der Waals surface area contributed by atoms with E-state index in [1.165, 1.54) is 6.08 Å². The van der Waals surface area contributed by atoms with Crippen molar-refractivity contribution >= 4 is 33.6 Å². The van der Waals surface area contributed by atoms with Gasteiger partial charge in [0.2, 0.25) is 11.6 Å². The van der Waals surface area contributed by atoms with Crippen LogP contribution in [0, 0.1) is 0 Å². The smallest absolute Gasteiger partial charge is 0.233 e. The lowest BCUT2D eigenvalue weighted by atomic mass is 9.84. The van der Waals surface area contributed by atoms with Crippen LogP contribution in [-0.2, 0) is 4.79 Å². The standard InChI is InChI=1S/C21H15NO2/c1-22-16-8-6-13(7-9-16)17-12-20(23)21(24)19-11-15-5-3-2-4-14(15)10-18(17)19/h2-12,22H,1H3. The largest absolute Gasteiger partial charge is 0.388 e. The zero-order valence-corrected chi connectivity index (χ0v) is 13.2. The van der Waals surface area contributed by atoms with Crippen LogP contribution in [0.5, 0.6) is 0 Å². The highest BCUT2D eigenvalue weighted by molar-refractivity contribution is 6.51. The van der Waals surface area contributed by atoms with Crippen LogP contribution >= 0.6 is 0 Å². The Morgan fingerprint density at radius 3 is 2.04 bits per heavy atom. The van der Waals surface area contributed by atoms with Gasteiger partial charge >= 0.3 is 0 Å². The van der Waals surface area contributed by atoms with Gasteiger partial charge in [-0.05, 0) is 57.8 Å². The number of Topliss-reactive ketones (excluding diaryl/α,β-unsaturated/α-hetero) is 1. The molecule has 1 aliphatic rings. The van der Waals surface area contributed by atoms with Gasteiger partial charge in [0.25, 0.3) is 0 Å². The fraction of sp³-hybridized carbons (Fsp3) is 0.0476. The molecule has 0 atom stereocenters. The summed E-state index contributed by atoms with van der Waals surface area (Å²) >= 11 is 0. The summed E-state index contributed by atoms with van der Waals surface area (Å²) in [4.78, 5) is 24.5. The number of fused-ring (bicyclic) bond motifs is 2. The second kappa shape index (κ2) is 5.46. The first-order valence-electron chi connectivity index (χ1n) is 7.79. The number of benzene rings is 3. The van der Waals surface area contributed by atoms with E-state index >= 15 is 0 Å². The molecule has 0 aliphatic heterocycles. The highest BCUT2D eigenvalue weighted by Gasteiger charge is 2.26. The molecule has 4 rings (SSSR count). The van der Waals surface area contributed by atoms with Crippen LogP contribution in [-0.4, -0.2) is 18.6 Å². The molecule has 0 aromatic heterocycles. The number of carbonyl (C=O) groups excluding carboxylic acids is 2. The van der Waals surface area contributed by atoms with Crippen LogP contribution < -0.4 is 5.32 Å². The van der Waals surface area contributed by atoms with Crippen molar-refractivity contribution in [2.45, 2.75) is 0 Å². The minimum absolute atomic E-state index is 0.439. The van der Waals surface area contributed by atoms with E-state index in [0.29, 0.717) is 5.56 Å². The maximum absolute atomic E-state index is 12.3. The molecule has 3 aromatic rings. The van der Waals surface area contributed by atoms with Gasteiger partial charge in [-0.15, -0.1) is 0 Å². The van der Waals surface area contributed by atoms with Crippen molar-refractivity contribution < 1.29 is 9.59 Å². The quantitative estimate of drug-likeness (QED) is 0.725. The second-order valence-electron chi connectivity index (χ2n) is 5.82. The molecule has 0 spiro atoms. The van der Waals surface area contributed by atoms with Crippen LogP contribution in [0.3, 0.4) is 0 Å². The highest BCUT2D eigenvalue weighted by Crippen LogP contribution is 2.34. The molecule has 0 unspecified atom stereocenters. The predicted molar refractivity (Wildman–Crippen MR) is 96.4 cm³/mol. The van der Waals surface area contributed by atoms with Crippen LogP contribution in [0.4, 0.5) is 5.69 Å². The van der Waals surface area contributed by atoms with E-state index in [1.807, 2.05) is 67.7 Å². The van der Waals surface area contributed by atoms with Gasteiger partial charge in [-0.3, -0.25) is 9.59 Å². The molecule has 0 radical (unpaired) electrons. The van der Waals surface area contributed by atoms with Crippen molar-refractivity contribution in [3.8, 4) is 0 Å². The van der Waals surface area contributed by atoms with Gasteiger partial charge in [-0.2, -0.15) is 0 Å². The molecule has 3 nitrogen and oxygen atoms in total. The zero-order chi connectivity index (χ0) is 16.7. The second-order valence-corrected chi connectivity index (χ2v) is 5.82. The fourth-order valence-corrected chi connectivity index (χ4v) is 3.11.